The average molecular weight is 238 g/mol. The third-order valence-electron chi connectivity index (χ3n) is 2.54. The van der Waals surface area contributed by atoms with Gasteiger partial charge in [-0.1, -0.05) is 12.1 Å². The molecule has 1 rings (SSSR count). The van der Waals surface area contributed by atoms with Gasteiger partial charge in [0.05, 0.1) is 5.75 Å². The Bertz CT molecular complexity index is 379. The number of nitrogen functional groups attached to an aromatic ring is 1. The summed E-state index contributed by atoms with van der Waals surface area (Å²) < 4.78 is 0. The van der Waals surface area contributed by atoms with Gasteiger partial charge >= 0.3 is 0 Å². The van der Waals surface area contributed by atoms with Crippen molar-refractivity contribution < 1.29 is 4.79 Å². The molecule has 1 amide bonds. The first-order chi connectivity index (χ1) is 7.56. The molecule has 0 saturated heterocycles. The Kier molecular flexibility index (Phi) is 4.68. The Morgan fingerprint density at radius 3 is 2.81 bits per heavy atom. The second kappa shape index (κ2) is 5.80. The second-order valence-electron chi connectivity index (χ2n) is 3.68. The minimum Gasteiger partial charge on any atom is -0.398 e. The fourth-order valence-electron chi connectivity index (χ4n) is 1.21. The van der Waals surface area contributed by atoms with Crippen molar-refractivity contribution in [2.45, 2.75) is 18.7 Å². The third kappa shape index (κ3) is 3.17. The normalized spacial score (nSPS) is 10.2. The van der Waals surface area contributed by atoms with Crippen molar-refractivity contribution in [3.05, 3.63) is 23.8 Å². The highest BCUT2D eigenvalue weighted by molar-refractivity contribution is 8.00. The summed E-state index contributed by atoms with van der Waals surface area (Å²) in [4.78, 5) is 14.3. The van der Waals surface area contributed by atoms with E-state index in [1.807, 2.05) is 39.1 Å². The fraction of sp³-hybridized carbons (Fsp3) is 0.417. The molecule has 0 heterocycles. The van der Waals surface area contributed by atoms with Crippen LogP contribution in [0.25, 0.3) is 0 Å². The topological polar surface area (TPSA) is 46.3 Å². The Labute approximate surface area is 101 Å². The first kappa shape index (κ1) is 12.9. The van der Waals surface area contributed by atoms with Crippen LogP contribution >= 0.6 is 11.8 Å². The lowest BCUT2D eigenvalue weighted by atomic mass is 10.2. The number of hydrogen-bond acceptors (Lipinski definition) is 3. The molecule has 0 radical (unpaired) electrons. The van der Waals surface area contributed by atoms with E-state index in [-0.39, 0.29) is 5.91 Å². The molecule has 2 N–H and O–H groups in total. The van der Waals surface area contributed by atoms with Crippen LogP contribution < -0.4 is 5.73 Å². The molecule has 4 heteroatoms. The first-order valence-electron chi connectivity index (χ1n) is 5.28. The van der Waals surface area contributed by atoms with Crippen LogP contribution in [-0.4, -0.2) is 30.2 Å². The lowest BCUT2D eigenvalue weighted by Crippen LogP contribution is -2.27. The molecule has 1 aromatic carbocycles. The zero-order chi connectivity index (χ0) is 12.1. The molecule has 0 aliphatic carbocycles. The minimum absolute atomic E-state index is 0.133. The highest BCUT2D eigenvalue weighted by Crippen LogP contribution is 2.27. The van der Waals surface area contributed by atoms with Crippen molar-refractivity contribution in [2.24, 2.45) is 0 Å². The lowest BCUT2D eigenvalue weighted by molar-refractivity contribution is -0.126. The van der Waals surface area contributed by atoms with Gasteiger partial charge in [-0.15, -0.1) is 11.8 Å². The van der Waals surface area contributed by atoms with Crippen molar-refractivity contribution in [3.8, 4) is 0 Å². The van der Waals surface area contributed by atoms with Crippen LogP contribution in [0.15, 0.2) is 23.1 Å². The van der Waals surface area contributed by atoms with E-state index < -0.39 is 0 Å². The van der Waals surface area contributed by atoms with Crippen LogP contribution in [-0.2, 0) is 4.79 Å². The number of rotatable bonds is 4. The number of thioether (sulfide) groups is 1. The largest absolute Gasteiger partial charge is 0.398 e. The van der Waals surface area contributed by atoms with Gasteiger partial charge in [0, 0.05) is 24.2 Å². The number of benzene rings is 1. The van der Waals surface area contributed by atoms with Crippen molar-refractivity contribution in [2.75, 3.05) is 25.1 Å². The molecule has 16 heavy (non-hydrogen) atoms. The van der Waals surface area contributed by atoms with Gasteiger partial charge in [0.15, 0.2) is 0 Å². The molecule has 0 saturated carbocycles. The van der Waals surface area contributed by atoms with Crippen LogP contribution in [0.1, 0.15) is 12.5 Å². The van der Waals surface area contributed by atoms with Crippen LogP contribution in [0.5, 0.6) is 0 Å². The lowest BCUT2D eigenvalue weighted by Gasteiger charge is -2.14. The summed E-state index contributed by atoms with van der Waals surface area (Å²) in [6, 6.07) is 5.88. The Hall–Kier alpha value is -1.16. The zero-order valence-electron chi connectivity index (χ0n) is 9.99. The number of hydrogen-bond donors (Lipinski definition) is 1. The molecule has 0 spiro atoms. The number of aryl methyl sites for hydroxylation is 1. The standard InChI is InChI=1S/C12H18N2OS/c1-4-14(3)11(15)8-16-10-7-5-6-9(2)12(10)13/h5-7H,4,8,13H2,1-3H3. The molecule has 0 unspecified atom stereocenters. The van der Waals surface area contributed by atoms with Crippen molar-refractivity contribution in [1.29, 1.82) is 0 Å². The maximum atomic E-state index is 11.6. The molecule has 0 aromatic heterocycles. The highest BCUT2D eigenvalue weighted by atomic mass is 32.2. The number of carbonyl (C=O) groups excluding carboxylic acids is 1. The number of carbonyl (C=O) groups is 1. The summed E-state index contributed by atoms with van der Waals surface area (Å²) in [5, 5.41) is 0. The molecule has 0 aliphatic heterocycles. The van der Waals surface area contributed by atoms with Gasteiger partial charge in [-0.05, 0) is 25.5 Å². The summed E-state index contributed by atoms with van der Waals surface area (Å²) in [6.45, 7) is 4.67. The molecular weight excluding hydrogens is 220 g/mol. The van der Waals surface area contributed by atoms with Crippen LogP contribution in [0.3, 0.4) is 0 Å². The van der Waals surface area contributed by atoms with E-state index in [1.54, 1.807) is 4.90 Å². The Morgan fingerprint density at radius 1 is 1.50 bits per heavy atom. The van der Waals surface area contributed by atoms with Gasteiger partial charge in [-0.2, -0.15) is 0 Å². The van der Waals surface area contributed by atoms with Gasteiger partial charge < -0.3 is 10.6 Å². The summed E-state index contributed by atoms with van der Waals surface area (Å²) >= 11 is 1.50. The van der Waals surface area contributed by atoms with Gasteiger partial charge in [0.1, 0.15) is 0 Å². The van der Waals surface area contributed by atoms with Gasteiger partial charge in [-0.3, -0.25) is 4.79 Å². The smallest absolute Gasteiger partial charge is 0.232 e. The molecule has 0 fully saturated rings. The molecular formula is C12H18N2OS. The zero-order valence-corrected chi connectivity index (χ0v) is 10.8. The number of nitrogens with zero attached hydrogens (tertiary/aromatic N) is 1. The van der Waals surface area contributed by atoms with Gasteiger partial charge in [-0.25, -0.2) is 0 Å². The van der Waals surface area contributed by atoms with Crippen LogP contribution in [0.4, 0.5) is 5.69 Å². The van der Waals surface area contributed by atoms with Crippen LogP contribution in [0, 0.1) is 6.92 Å². The molecule has 0 atom stereocenters. The maximum absolute atomic E-state index is 11.6. The molecule has 0 bridgehead atoms. The fourth-order valence-corrected chi connectivity index (χ4v) is 2.20. The predicted octanol–water partition coefficient (Wildman–Crippen LogP) is 2.15. The first-order valence-corrected chi connectivity index (χ1v) is 6.26. The van der Waals surface area contributed by atoms with E-state index in [0.717, 1.165) is 22.7 Å². The molecule has 0 aliphatic rings. The molecule has 88 valence electrons. The monoisotopic (exact) mass is 238 g/mol. The van der Waals surface area contributed by atoms with E-state index in [2.05, 4.69) is 0 Å². The molecule has 1 aromatic rings. The van der Waals surface area contributed by atoms with Crippen molar-refractivity contribution >= 4 is 23.4 Å². The van der Waals surface area contributed by atoms with Crippen molar-refractivity contribution in [3.63, 3.8) is 0 Å². The number of para-hydroxylation sites is 1. The summed E-state index contributed by atoms with van der Waals surface area (Å²) in [5.41, 5.74) is 7.77. The van der Waals surface area contributed by atoms with E-state index >= 15 is 0 Å². The highest BCUT2D eigenvalue weighted by Gasteiger charge is 2.09. The van der Waals surface area contributed by atoms with E-state index in [9.17, 15) is 4.79 Å². The number of anilines is 1. The minimum atomic E-state index is 0.133. The number of amides is 1. The summed E-state index contributed by atoms with van der Waals surface area (Å²) in [7, 11) is 1.81. The second-order valence-corrected chi connectivity index (χ2v) is 4.70. The van der Waals surface area contributed by atoms with Gasteiger partial charge in [0.2, 0.25) is 5.91 Å². The third-order valence-corrected chi connectivity index (χ3v) is 3.59. The van der Waals surface area contributed by atoms with Crippen LogP contribution in [0.2, 0.25) is 0 Å². The Morgan fingerprint density at radius 2 is 2.19 bits per heavy atom. The summed E-state index contributed by atoms with van der Waals surface area (Å²) in [6.07, 6.45) is 0. The number of nitrogens with two attached hydrogens (primary N) is 1. The SMILES string of the molecule is CCN(C)C(=O)CSc1cccc(C)c1N. The van der Waals surface area contributed by atoms with E-state index in [1.165, 1.54) is 11.8 Å². The van der Waals surface area contributed by atoms with Crippen molar-refractivity contribution in [1.82, 2.24) is 4.90 Å². The Balaban J connectivity index is 2.61. The quantitative estimate of drug-likeness (QED) is 0.646. The van der Waals surface area contributed by atoms with Gasteiger partial charge in [0.25, 0.3) is 0 Å². The van der Waals surface area contributed by atoms with E-state index in [0.29, 0.717) is 5.75 Å². The molecule has 3 nitrogen and oxygen atoms in total. The van der Waals surface area contributed by atoms with E-state index in [4.69, 9.17) is 5.73 Å². The average Bonchev–Trinajstić information content (AvgIpc) is 2.29. The predicted molar refractivity (Wildman–Crippen MR) is 69.6 cm³/mol. The summed E-state index contributed by atoms with van der Waals surface area (Å²) in [5.74, 6) is 0.575. The maximum Gasteiger partial charge on any atom is 0.232 e.